The number of carbonyl (C=O) groups excluding carboxylic acids is 2. The van der Waals surface area contributed by atoms with Gasteiger partial charge in [-0.15, -0.1) is 0 Å². The van der Waals surface area contributed by atoms with Gasteiger partial charge in [0.2, 0.25) is 15.9 Å². The molecule has 1 amide bonds. The molecular weight excluding hydrogens is 420 g/mol. The standard InChI is InChI=1S/C19H25ClN2O6S/c1-11-8-17(12(2)7-14(11)20)29(26,27)22-6-4-5-15(22)18(24)21-10-13(23)9-16(21)19(25)28-3/h7-8,13,15-16,23H,4-6,9-10H2,1-3H3/t13-,15+,16+/m1/s1. The molecule has 0 spiro atoms. The number of hydrogen-bond acceptors (Lipinski definition) is 6. The Morgan fingerprint density at radius 3 is 2.55 bits per heavy atom. The van der Waals surface area contributed by atoms with E-state index in [9.17, 15) is 23.1 Å². The molecule has 2 aliphatic heterocycles. The number of sulfonamides is 1. The van der Waals surface area contributed by atoms with Crippen molar-refractivity contribution < 1.29 is 27.9 Å². The molecule has 0 bridgehead atoms. The largest absolute Gasteiger partial charge is 0.467 e. The fourth-order valence-corrected chi connectivity index (χ4v) is 6.20. The van der Waals surface area contributed by atoms with Crippen LogP contribution in [0.15, 0.2) is 17.0 Å². The summed E-state index contributed by atoms with van der Waals surface area (Å²) in [7, 11) is -2.72. The summed E-state index contributed by atoms with van der Waals surface area (Å²) >= 11 is 6.10. The lowest BCUT2D eigenvalue weighted by molar-refractivity contribution is -0.152. The second kappa shape index (κ2) is 8.22. The molecule has 0 saturated carbocycles. The highest BCUT2D eigenvalue weighted by Crippen LogP contribution is 2.32. The lowest BCUT2D eigenvalue weighted by Crippen LogP contribution is -2.51. The molecule has 2 aliphatic rings. The average Bonchev–Trinajstić information content (AvgIpc) is 3.30. The summed E-state index contributed by atoms with van der Waals surface area (Å²) in [6.07, 6.45) is 0.105. The minimum absolute atomic E-state index is 0.0257. The molecule has 1 N–H and O–H groups in total. The fourth-order valence-electron chi connectivity index (χ4n) is 4.04. The Balaban J connectivity index is 1.92. The molecule has 8 nitrogen and oxygen atoms in total. The molecule has 0 aliphatic carbocycles. The molecule has 3 atom stereocenters. The molecule has 2 saturated heterocycles. The number of benzene rings is 1. The molecule has 10 heteroatoms. The van der Waals surface area contributed by atoms with Gasteiger partial charge in [-0.25, -0.2) is 13.2 Å². The van der Waals surface area contributed by atoms with Gasteiger partial charge in [-0.1, -0.05) is 11.6 Å². The van der Waals surface area contributed by atoms with E-state index in [0.29, 0.717) is 29.0 Å². The zero-order valence-corrected chi connectivity index (χ0v) is 18.2. The maximum Gasteiger partial charge on any atom is 0.328 e. The van der Waals surface area contributed by atoms with Gasteiger partial charge >= 0.3 is 5.97 Å². The van der Waals surface area contributed by atoms with E-state index in [-0.39, 0.29) is 24.4 Å². The van der Waals surface area contributed by atoms with Gasteiger partial charge in [0.1, 0.15) is 12.1 Å². The molecule has 2 fully saturated rings. The first-order valence-electron chi connectivity index (χ1n) is 9.43. The molecule has 1 aromatic rings. The van der Waals surface area contributed by atoms with Crippen LogP contribution >= 0.6 is 11.6 Å². The molecule has 0 aromatic heterocycles. The Labute approximate surface area is 175 Å². The van der Waals surface area contributed by atoms with E-state index in [1.807, 2.05) is 0 Å². The molecule has 29 heavy (non-hydrogen) atoms. The Morgan fingerprint density at radius 1 is 1.21 bits per heavy atom. The SMILES string of the molecule is COC(=O)[C@@H]1C[C@@H](O)CN1C(=O)[C@@H]1CCCN1S(=O)(=O)c1cc(C)c(Cl)cc1C. The molecule has 3 rings (SSSR count). The third-order valence-electron chi connectivity index (χ3n) is 5.57. The van der Waals surface area contributed by atoms with Crippen LogP contribution in [-0.2, 0) is 24.3 Å². The Hall–Kier alpha value is -1.68. The van der Waals surface area contributed by atoms with Gasteiger partial charge < -0.3 is 14.7 Å². The van der Waals surface area contributed by atoms with E-state index in [1.54, 1.807) is 19.9 Å². The summed E-state index contributed by atoms with van der Waals surface area (Å²) < 4.78 is 32.7. The van der Waals surface area contributed by atoms with Crippen molar-refractivity contribution in [3.63, 3.8) is 0 Å². The number of esters is 1. The maximum atomic E-state index is 13.4. The first kappa shape index (κ1) is 22.0. The van der Waals surface area contributed by atoms with E-state index in [4.69, 9.17) is 16.3 Å². The number of carbonyl (C=O) groups is 2. The monoisotopic (exact) mass is 444 g/mol. The van der Waals surface area contributed by atoms with Crippen molar-refractivity contribution in [2.45, 2.75) is 56.2 Å². The molecule has 2 heterocycles. The number of methoxy groups -OCH3 is 1. The molecule has 1 aromatic carbocycles. The summed E-state index contributed by atoms with van der Waals surface area (Å²) in [5, 5.41) is 10.4. The quantitative estimate of drug-likeness (QED) is 0.701. The number of ether oxygens (including phenoxy) is 1. The van der Waals surface area contributed by atoms with Crippen LogP contribution in [0.5, 0.6) is 0 Å². The van der Waals surface area contributed by atoms with Gasteiger partial charge in [-0.2, -0.15) is 4.31 Å². The highest BCUT2D eigenvalue weighted by molar-refractivity contribution is 7.89. The van der Waals surface area contributed by atoms with E-state index in [0.717, 1.165) is 0 Å². The van der Waals surface area contributed by atoms with E-state index < -0.39 is 40.1 Å². The summed E-state index contributed by atoms with van der Waals surface area (Å²) in [4.78, 5) is 26.6. The van der Waals surface area contributed by atoms with Crippen molar-refractivity contribution in [2.75, 3.05) is 20.2 Å². The van der Waals surface area contributed by atoms with Gasteiger partial charge in [0, 0.05) is 24.5 Å². The molecular formula is C19H25ClN2O6S. The van der Waals surface area contributed by atoms with Gasteiger partial charge in [-0.3, -0.25) is 4.79 Å². The van der Waals surface area contributed by atoms with Crippen LogP contribution < -0.4 is 0 Å². The van der Waals surface area contributed by atoms with Crippen LogP contribution in [-0.4, -0.2) is 73.0 Å². The summed E-state index contributed by atoms with van der Waals surface area (Å²) in [6, 6.07) is 1.28. The lowest BCUT2D eigenvalue weighted by Gasteiger charge is -2.30. The number of β-amino-alcohol motifs (C(OH)–C–C–N with tert-alkyl or cyclic N) is 1. The normalized spacial score (nSPS) is 25.4. The number of amides is 1. The van der Waals surface area contributed by atoms with E-state index >= 15 is 0 Å². The first-order chi connectivity index (χ1) is 13.6. The van der Waals surface area contributed by atoms with E-state index in [1.165, 1.54) is 22.4 Å². The predicted octanol–water partition coefficient (Wildman–Crippen LogP) is 1.24. The van der Waals surface area contributed by atoms with Crippen molar-refractivity contribution in [3.05, 3.63) is 28.3 Å². The maximum absolute atomic E-state index is 13.4. The van der Waals surface area contributed by atoms with Crippen LogP contribution in [0, 0.1) is 13.8 Å². The van der Waals surface area contributed by atoms with Crippen molar-refractivity contribution >= 4 is 33.5 Å². The number of rotatable bonds is 4. The van der Waals surface area contributed by atoms with Crippen LogP contribution in [0.2, 0.25) is 5.02 Å². The smallest absolute Gasteiger partial charge is 0.328 e. The Morgan fingerprint density at radius 2 is 1.90 bits per heavy atom. The number of aliphatic hydroxyl groups excluding tert-OH is 1. The van der Waals surface area contributed by atoms with E-state index in [2.05, 4.69) is 0 Å². The second-order valence-electron chi connectivity index (χ2n) is 7.56. The fraction of sp³-hybridized carbons (Fsp3) is 0.579. The Bertz CT molecular complexity index is 935. The number of hydrogen-bond donors (Lipinski definition) is 1. The molecule has 0 unspecified atom stereocenters. The van der Waals surface area contributed by atoms with Crippen molar-refractivity contribution in [1.29, 1.82) is 0 Å². The topological polar surface area (TPSA) is 104 Å². The third-order valence-corrected chi connectivity index (χ3v) is 8.02. The lowest BCUT2D eigenvalue weighted by atomic mass is 10.1. The number of nitrogens with zero attached hydrogens (tertiary/aromatic N) is 2. The highest BCUT2D eigenvalue weighted by atomic mass is 35.5. The summed E-state index contributed by atoms with van der Waals surface area (Å²) in [6.45, 7) is 3.57. The van der Waals surface area contributed by atoms with Crippen molar-refractivity contribution in [3.8, 4) is 0 Å². The van der Waals surface area contributed by atoms with Gasteiger partial charge in [0.15, 0.2) is 0 Å². The van der Waals surface area contributed by atoms with Crippen LogP contribution in [0.25, 0.3) is 0 Å². The minimum atomic E-state index is -3.94. The summed E-state index contributed by atoms with van der Waals surface area (Å²) in [5.74, 6) is -1.10. The first-order valence-corrected chi connectivity index (χ1v) is 11.2. The third kappa shape index (κ3) is 4.01. The van der Waals surface area contributed by atoms with Crippen molar-refractivity contribution in [2.24, 2.45) is 0 Å². The molecule has 0 radical (unpaired) electrons. The number of likely N-dealkylation sites (tertiary alicyclic amines) is 1. The predicted molar refractivity (Wildman–Crippen MR) is 106 cm³/mol. The van der Waals surface area contributed by atoms with Crippen LogP contribution in [0.4, 0.5) is 0 Å². The van der Waals surface area contributed by atoms with Gasteiger partial charge in [0.05, 0.1) is 18.1 Å². The number of halogens is 1. The zero-order chi connectivity index (χ0) is 21.5. The highest BCUT2D eigenvalue weighted by Gasteiger charge is 2.47. The van der Waals surface area contributed by atoms with Crippen molar-refractivity contribution in [1.82, 2.24) is 9.21 Å². The zero-order valence-electron chi connectivity index (χ0n) is 16.6. The van der Waals surface area contributed by atoms with Crippen LogP contribution in [0.1, 0.15) is 30.4 Å². The van der Waals surface area contributed by atoms with Gasteiger partial charge in [-0.05, 0) is 49.9 Å². The average molecular weight is 445 g/mol. The summed E-state index contributed by atoms with van der Waals surface area (Å²) in [5.41, 5.74) is 1.13. The second-order valence-corrected chi connectivity index (χ2v) is 9.83. The number of aryl methyl sites for hydroxylation is 2. The minimum Gasteiger partial charge on any atom is -0.467 e. The number of aliphatic hydroxyl groups is 1. The van der Waals surface area contributed by atoms with Crippen LogP contribution in [0.3, 0.4) is 0 Å². The Kier molecular flexibility index (Phi) is 6.24. The molecule has 160 valence electrons. The van der Waals surface area contributed by atoms with Gasteiger partial charge in [0.25, 0.3) is 0 Å².